The van der Waals surface area contributed by atoms with Crippen molar-refractivity contribution in [3.8, 4) is 11.5 Å². The molecule has 10 heteroatoms. The average molecular weight is 481 g/mol. The summed E-state index contributed by atoms with van der Waals surface area (Å²) in [6, 6.07) is 7.97. The van der Waals surface area contributed by atoms with E-state index in [-0.39, 0.29) is 11.5 Å². The molecule has 0 radical (unpaired) electrons. The van der Waals surface area contributed by atoms with Crippen molar-refractivity contribution >= 4 is 16.6 Å². The Bertz CT molecular complexity index is 802. The predicted molar refractivity (Wildman–Crippen MR) is 114 cm³/mol. The zero-order valence-electron chi connectivity index (χ0n) is 18.2. The second kappa shape index (κ2) is 8.20. The third-order valence-electron chi connectivity index (χ3n) is 4.27. The van der Waals surface area contributed by atoms with Gasteiger partial charge in [-0.1, -0.05) is 24.3 Å². The van der Waals surface area contributed by atoms with Crippen LogP contribution >= 0.6 is 0 Å². The van der Waals surface area contributed by atoms with Gasteiger partial charge in [0.15, 0.2) is 0 Å². The maximum atomic E-state index is 14.2. The molecule has 0 atom stereocenters. The molecule has 2 rings (SSSR count). The molecule has 0 saturated heterocycles. The third kappa shape index (κ3) is 5.65. The highest BCUT2D eigenvalue weighted by molar-refractivity contribution is 6.70. The van der Waals surface area contributed by atoms with E-state index in [1.54, 1.807) is 0 Å². The molecule has 0 bridgehead atoms. The normalized spacial score (nSPS) is 13.8. The van der Waals surface area contributed by atoms with Crippen LogP contribution in [0.15, 0.2) is 48.5 Å². The van der Waals surface area contributed by atoms with Gasteiger partial charge in [0, 0.05) is 0 Å². The molecule has 172 valence electrons. The SMILES string of the molecule is C[Si](C)(C)Oc1ccc(C(c2ccc(O[Si](C)(C)C)cc2)(C(F)(F)F)C(F)(F)F)cc1. The molecule has 0 spiro atoms. The highest BCUT2D eigenvalue weighted by Gasteiger charge is 2.72. The lowest BCUT2D eigenvalue weighted by Crippen LogP contribution is -2.54. The number of hydrogen-bond donors (Lipinski definition) is 0. The van der Waals surface area contributed by atoms with Gasteiger partial charge in [-0.3, -0.25) is 0 Å². The Hall–Kier alpha value is -1.95. The molecule has 0 amide bonds. The average Bonchev–Trinajstić information content (AvgIpc) is 2.53. The Balaban J connectivity index is 2.66. The standard InChI is InChI=1S/C21H26F6O2Si2/c1-30(2,3)28-17-11-7-15(8-12-17)19(20(22,23)24,21(25,26)27)16-9-13-18(14-10-16)29-31(4,5)6/h7-14H,1-6H3. The van der Waals surface area contributed by atoms with Crippen molar-refractivity contribution in [2.75, 3.05) is 0 Å². The van der Waals surface area contributed by atoms with E-state index in [0.717, 1.165) is 48.5 Å². The largest absolute Gasteiger partial charge is 0.544 e. The summed E-state index contributed by atoms with van der Waals surface area (Å²) in [5, 5.41) is 0. The second-order valence-corrected chi connectivity index (χ2v) is 18.1. The van der Waals surface area contributed by atoms with Gasteiger partial charge in [0.05, 0.1) is 0 Å². The topological polar surface area (TPSA) is 18.5 Å². The highest BCUT2D eigenvalue weighted by atomic mass is 28.4. The van der Waals surface area contributed by atoms with Crippen LogP contribution < -0.4 is 8.85 Å². The van der Waals surface area contributed by atoms with E-state index in [1.165, 1.54) is 0 Å². The van der Waals surface area contributed by atoms with Crippen LogP contribution in [0.1, 0.15) is 11.1 Å². The monoisotopic (exact) mass is 480 g/mol. The van der Waals surface area contributed by atoms with Crippen LogP contribution in [0.3, 0.4) is 0 Å². The molecule has 0 heterocycles. The maximum Gasteiger partial charge on any atom is 0.411 e. The van der Waals surface area contributed by atoms with E-state index in [0.29, 0.717) is 0 Å². The molecule has 0 unspecified atom stereocenters. The summed E-state index contributed by atoms with van der Waals surface area (Å²) in [6.07, 6.45) is -11.3. The van der Waals surface area contributed by atoms with Crippen LogP contribution in [-0.4, -0.2) is 29.0 Å². The van der Waals surface area contributed by atoms with Crippen LogP contribution in [0.5, 0.6) is 11.5 Å². The van der Waals surface area contributed by atoms with Crippen molar-refractivity contribution in [3.05, 3.63) is 59.7 Å². The molecule has 0 saturated carbocycles. The molecule has 0 fully saturated rings. The molecule has 0 N–H and O–H groups in total. The van der Waals surface area contributed by atoms with Gasteiger partial charge < -0.3 is 8.85 Å². The first-order valence-corrected chi connectivity index (χ1v) is 16.4. The molecule has 0 aliphatic rings. The minimum Gasteiger partial charge on any atom is -0.544 e. The lowest BCUT2D eigenvalue weighted by molar-refractivity contribution is -0.288. The van der Waals surface area contributed by atoms with Crippen molar-refractivity contribution in [1.29, 1.82) is 0 Å². The number of alkyl halides is 6. The van der Waals surface area contributed by atoms with E-state index < -0.39 is 45.5 Å². The summed E-state index contributed by atoms with van der Waals surface area (Å²) in [5.41, 5.74) is -6.03. The maximum absolute atomic E-state index is 14.2. The quantitative estimate of drug-likeness (QED) is 0.314. The summed E-state index contributed by atoms with van der Waals surface area (Å²) in [5.74, 6) is 0.472. The van der Waals surface area contributed by atoms with Gasteiger partial charge in [-0.2, -0.15) is 26.3 Å². The lowest BCUT2D eigenvalue weighted by atomic mass is 9.73. The molecule has 0 aromatic heterocycles. The molecule has 31 heavy (non-hydrogen) atoms. The van der Waals surface area contributed by atoms with Crippen molar-refractivity contribution < 1.29 is 35.2 Å². The minimum absolute atomic E-state index is 0.236. The van der Waals surface area contributed by atoms with Gasteiger partial charge in [0.2, 0.25) is 22.0 Å². The fraction of sp³-hybridized carbons (Fsp3) is 0.429. The summed E-state index contributed by atoms with van der Waals surface area (Å²) in [7, 11) is -4.16. The van der Waals surface area contributed by atoms with Crippen LogP contribution in [0, 0.1) is 0 Å². The Kier molecular flexibility index (Phi) is 6.69. The smallest absolute Gasteiger partial charge is 0.411 e. The Morgan fingerprint density at radius 1 is 0.516 bits per heavy atom. The highest BCUT2D eigenvalue weighted by Crippen LogP contribution is 2.56. The molecule has 0 aliphatic heterocycles. The summed E-state index contributed by atoms with van der Waals surface area (Å²) in [6.45, 7) is 11.2. The number of benzene rings is 2. The van der Waals surface area contributed by atoms with E-state index >= 15 is 0 Å². The van der Waals surface area contributed by atoms with E-state index in [1.807, 2.05) is 39.3 Å². The first-order valence-electron chi connectivity index (χ1n) is 9.59. The van der Waals surface area contributed by atoms with Gasteiger partial charge in [0.25, 0.3) is 0 Å². The number of halogens is 6. The molecule has 2 aromatic carbocycles. The van der Waals surface area contributed by atoms with Gasteiger partial charge in [-0.15, -0.1) is 0 Å². The first-order chi connectivity index (χ1) is 13.9. The van der Waals surface area contributed by atoms with Gasteiger partial charge >= 0.3 is 12.4 Å². The Labute approximate surface area is 180 Å². The number of rotatable bonds is 6. The van der Waals surface area contributed by atoms with Crippen LogP contribution in [0.25, 0.3) is 0 Å². The molecular formula is C21H26F6O2Si2. The summed E-state index contributed by atoms with van der Waals surface area (Å²) < 4.78 is 96.6. The number of hydrogen-bond acceptors (Lipinski definition) is 2. The van der Waals surface area contributed by atoms with Crippen molar-refractivity contribution in [2.45, 2.75) is 57.0 Å². The van der Waals surface area contributed by atoms with Crippen LogP contribution in [-0.2, 0) is 5.41 Å². The predicted octanol–water partition coefficient (Wildman–Crippen LogP) is 7.52. The van der Waals surface area contributed by atoms with Gasteiger partial charge in [0.1, 0.15) is 11.5 Å². The summed E-state index contributed by atoms with van der Waals surface area (Å²) >= 11 is 0. The molecular weight excluding hydrogens is 454 g/mol. The third-order valence-corrected chi connectivity index (χ3v) is 5.97. The Morgan fingerprint density at radius 2 is 0.774 bits per heavy atom. The van der Waals surface area contributed by atoms with Gasteiger partial charge in [-0.05, 0) is 74.7 Å². The second-order valence-electron chi connectivity index (χ2n) is 9.22. The van der Waals surface area contributed by atoms with Gasteiger partial charge in [-0.25, -0.2) is 0 Å². The first kappa shape index (κ1) is 25.3. The Morgan fingerprint density at radius 3 is 0.968 bits per heavy atom. The fourth-order valence-corrected chi connectivity index (χ4v) is 4.92. The van der Waals surface area contributed by atoms with Crippen molar-refractivity contribution in [1.82, 2.24) is 0 Å². The zero-order valence-corrected chi connectivity index (χ0v) is 20.2. The zero-order chi connectivity index (χ0) is 23.9. The van der Waals surface area contributed by atoms with E-state index in [2.05, 4.69) is 0 Å². The van der Waals surface area contributed by atoms with Crippen molar-refractivity contribution in [2.24, 2.45) is 0 Å². The minimum atomic E-state index is -5.63. The lowest BCUT2D eigenvalue weighted by Gasteiger charge is -2.38. The molecule has 2 aromatic rings. The fourth-order valence-electron chi connectivity index (χ4n) is 3.24. The van der Waals surface area contributed by atoms with Crippen molar-refractivity contribution in [3.63, 3.8) is 0 Å². The molecule has 2 nitrogen and oxygen atoms in total. The van der Waals surface area contributed by atoms with Crippen LogP contribution in [0.4, 0.5) is 26.3 Å². The van der Waals surface area contributed by atoms with E-state index in [9.17, 15) is 26.3 Å². The molecule has 0 aliphatic carbocycles. The summed E-state index contributed by atoms with van der Waals surface area (Å²) in [4.78, 5) is 0. The van der Waals surface area contributed by atoms with E-state index in [4.69, 9.17) is 8.85 Å². The van der Waals surface area contributed by atoms with Crippen LogP contribution in [0.2, 0.25) is 39.3 Å².